The van der Waals surface area contributed by atoms with Crippen LogP contribution < -0.4 is 10.2 Å². The number of aryl methyl sites for hydroxylation is 1. The van der Waals surface area contributed by atoms with Gasteiger partial charge in [0.1, 0.15) is 5.37 Å². The molecule has 30 heavy (non-hydrogen) atoms. The van der Waals surface area contributed by atoms with E-state index in [-0.39, 0.29) is 17.2 Å². The number of nitrogens with one attached hydrogen (secondary N) is 1. The molecule has 1 heterocycles. The number of amides is 2. The highest BCUT2D eigenvalue weighted by Gasteiger charge is 2.34. The van der Waals surface area contributed by atoms with Crippen molar-refractivity contribution in [3.63, 3.8) is 0 Å². The summed E-state index contributed by atoms with van der Waals surface area (Å²) in [4.78, 5) is 27.0. The van der Waals surface area contributed by atoms with Crippen molar-refractivity contribution in [1.82, 2.24) is 0 Å². The fourth-order valence-electron chi connectivity index (χ4n) is 3.55. The molecule has 0 radical (unpaired) electrons. The van der Waals surface area contributed by atoms with E-state index in [0.717, 1.165) is 23.2 Å². The molecule has 1 fully saturated rings. The maximum Gasteiger partial charge on any atom is 0.257 e. The fourth-order valence-corrected chi connectivity index (χ4v) is 4.94. The normalized spacial score (nSPS) is 16.0. The highest BCUT2D eigenvalue weighted by Crippen LogP contribution is 2.43. The lowest BCUT2D eigenvalue weighted by atomic mass is 10.1. The number of nitrogens with zero attached hydrogens (tertiary/aromatic N) is 1. The van der Waals surface area contributed by atoms with Crippen LogP contribution in [-0.4, -0.2) is 17.6 Å². The van der Waals surface area contributed by atoms with E-state index in [9.17, 15) is 9.59 Å². The van der Waals surface area contributed by atoms with E-state index in [1.807, 2.05) is 47.4 Å². The number of anilines is 2. The zero-order chi connectivity index (χ0) is 21.1. The van der Waals surface area contributed by atoms with E-state index in [1.165, 1.54) is 0 Å². The molecule has 0 spiro atoms. The Bertz CT molecular complexity index is 1080. The predicted octanol–water partition coefficient (Wildman–Crippen LogP) is 5.93. The predicted molar refractivity (Wildman–Crippen MR) is 124 cm³/mol. The lowest BCUT2D eigenvalue weighted by Crippen LogP contribution is -2.28. The highest BCUT2D eigenvalue weighted by atomic mass is 35.5. The van der Waals surface area contributed by atoms with Gasteiger partial charge in [-0.1, -0.05) is 61.0 Å². The molecular formula is C24H21ClN2O2S. The van der Waals surface area contributed by atoms with Gasteiger partial charge in [0.05, 0.1) is 16.3 Å². The third-order valence-corrected chi connectivity index (χ3v) is 6.61. The van der Waals surface area contributed by atoms with Crippen LogP contribution in [0.4, 0.5) is 11.4 Å². The molecule has 152 valence electrons. The Balaban J connectivity index is 1.55. The van der Waals surface area contributed by atoms with E-state index in [2.05, 4.69) is 18.3 Å². The van der Waals surface area contributed by atoms with Gasteiger partial charge >= 0.3 is 0 Å². The minimum Gasteiger partial charge on any atom is -0.322 e. The number of carbonyl (C=O) groups is 2. The summed E-state index contributed by atoms with van der Waals surface area (Å²) in [6.45, 7) is 2.10. The lowest BCUT2D eigenvalue weighted by molar-refractivity contribution is -0.115. The molecule has 3 aromatic carbocycles. The van der Waals surface area contributed by atoms with E-state index in [4.69, 9.17) is 11.6 Å². The first kappa shape index (κ1) is 20.5. The van der Waals surface area contributed by atoms with Crippen molar-refractivity contribution in [3.8, 4) is 0 Å². The summed E-state index contributed by atoms with van der Waals surface area (Å²) in [6.07, 6.45) is 0.865. The molecular weight excluding hydrogens is 416 g/mol. The maximum atomic E-state index is 12.7. The molecule has 4 rings (SSSR count). The van der Waals surface area contributed by atoms with Crippen LogP contribution in [0.15, 0.2) is 72.8 Å². The van der Waals surface area contributed by atoms with Crippen molar-refractivity contribution in [2.75, 3.05) is 16.0 Å². The number of carbonyl (C=O) groups excluding carboxylic acids is 2. The Kier molecular flexibility index (Phi) is 6.11. The summed E-state index contributed by atoms with van der Waals surface area (Å²) >= 11 is 7.72. The Morgan fingerprint density at radius 1 is 1.07 bits per heavy atom. The lowest BCUT2D eigenvalue weighted by Gasteiger charge is -2.26. The van der Waals surface area contributed by atoms with Crippen molar-refractivity contribution in [3.05, 3.63) is 94.5 Å². The van der Waals surface area contributed by atoms with Crippen LogP contribution in [0.5, 0.6) is 0 Å². The van der Waals surface area contributed by atoms with Crippen LogP contribution in [0.2, 0.25) is 5.02 Å². The first-order chi connectivity index (χ1) is 14.6. The van der Waals surface area contributed by atoms with E-state index >= 15 is 0 Å². The molecule has 1 aliphatic rings. The first-order valence-corrected chi connectivity index (χ1v) is 11.2. The third kappa shape index (κ3) is 4.09. The van der Waals surface area contributed by atoms with Crippen LogP contribution in [0, 0.1) is 0 Å². The SMILES string of the molecule is CCc1ccccc1N1C(=O)CS[C@@H]1c1ccc(NC(=O)c2ccccc2Cl)cc1. The minimum absolute atomic E-state index is 0.0847. The number of rotatable bonds is 5. The van der Waals surface area contributed by atoms with E-state index in [0.29, 0.717) is 22.0 Å². The number of hydrogen-bond donors (Lipinski definition) is 1. The molecule has 4 nitrogen and oxygen atoms in total. The maximum absolute atomic E-state index is 12.7. The number of benzene rings is 3. The van der Waals surface area contributed by atoms with Crippen LogP contribution in [-0.2, 0) is 11.2 Å². The molecule has 3 aromatic rings. The fraction of sp³-hybridized carbons (Fsp3) is 0.167. The zero-order valence-corrected chi connectivity index (χ0v) is 18.0. The minimum atomic E-state index is -0.253. The van der Waals surface area contributed by atoms with Gasteiger partial charge in [0, 0.05) is 11.4 Å². The van der Waals surface area contributed by atoms with Gasteiger partial charge in [-0.15, -0.1) is 11.8 Å². The molecule has 0 aromatic heterocycles. The largest absolute Gasteiger partial charge is 0.322 e. The number of para-hydroxylation sites is 1. The topological polar surface area (TPSA) is 49.4 Å². The zero-order valence-electron chi connectivity index (χ0n) is 16.5. The molecule has 0 aliphatic carbocycles. The molecule has 1 N–H and O–H groups in total. The summed E-state index contributed by atoms with van der Waals surface area (Å²) in [7, 11) is 0. The van der Waals surface area contributed by atoms with Crippen LogP contribution in [0.1, 0.15) is 33.8 Å². The average Bonchev–Trinajstić information content (AvgIpc) is 3.15. The molecule has 0 unspecified atom stereocenters. The van der Waals surface area contributed by atoms with Gasteiger partial charge in [0.25, 0.3) is 5.91 Å². The van der Waals surface area contributed by atoms with Gasteiger partial charge in [-0.05, 0) is 47.9 Å². The molecule has 6 heteroatoms. The quantitative estimate of drug-likeness (QED) is 0.539. The Morgan fingerprint density at radius 2 is 1.77 bits per heavy atom. The molecule has 1 aliphatic heterocycles. The Morgan fingerprint density at radius 3 is 2.50 bits per heavy atom. The Hall–Kier alpha value is -2.76. The van der Waals surface area contributed by atoms with E-state index in [1.54, 1.807) is 36.0 Å². The number of hydrogen-bond acceptors (Lipinski definition) is 3. The van der Waals surface area contributed by atoms with E-state index < -0.39 is 0 Å². The van der Waals surface area contributed by atoms with Crippen molar-refractivity contribution in [2.24, 2.45) is 0 Å². The second-order valence-electron chi connectivity index (χ2n) is 6.97. The highest BCUT2D eigenvalue weighted by molar-refractivity contribution is 8.00. The van der Waals surface area contributed by atoms with Crippen molar-refractivity contribution < 1.29 is 9.59 Å². The molecule has 1 atom stereocenters. The van der Waals surface area contributed by atoms with Gasteiger partial charge < -0.3 is 5.32 Å². The summed E-state index contributed by atoms with van der Waals surface area (Å²) < 4.78 is 0. The molecule has 1 saturated heterocycles. The number of halogens is 1. The Labute approximate surface area is 185 Å². The van der Waals surface area contributed by atoms with Crippen LogP contribution in [0.25, 0.3) is 0 Å². The molecule has 0 saturated carbocycles. The summed E-state index contributed by atoms with van der Waals surface area (Å²) in [5.74, 6) is 0.313. The molecule has 2 amide bonds. The van der Waals surface area contributed by atoms with Gasteiger partial charge in [-0.3, -0.25) is 14.5 Å². The van der Waals surface area contributed by atoms with Gasteiger partial charge in [-0.2, -0.15) is 0 Å². The smallest absolute Gasteiger partial charge is 0.257 e. The van der Waals surface area contributed by atoms with Gasteiger partial charge in [-0.25, -0.2) is 0 Å². The summed E-state index contributed by atoms with van der Waals surface area (Å²) in [5.41, 5.74) is 4.26. The van der Waals surface area contributed by atoms with Crippen molar-refractivity contribution >= 4 is 46.6 Å². The number of thioether (sulfide) groups is 1. The monoisotopic (exact) mass is 436 g/mol. The summed E-state index contributed by atoms with van der Waals surface area (Å²) in [6, 6.07) is 22.6. The van der Waals surface area contributed by atoms with Gasteiger partial charge in [0.2, 0.25) is 5.91 Å². The standard InChI is InChI=1S/C24H21ClN2O2S/c1-2-16-7-3-6-10-21(16)27-22(28)15-30-24(27)17-11-13-18(14-12-17)26-23(29)19-8-4-5-9-20(19)25/h3-14,24H,2,15H2,1H3,(H,26,29)/t24-/m1/s1. The second-order valence-corrected chi connectivity index (χ2v) is 8.44. The average molecular weight is 437 g/mol. The third-order valence-electron chi connectivity index (χ3n) is 5.07. The summed E-state index contributed by atoms with van der Waals surface area (Å²) in [5, 5.41) is 3.21. The first-order valence-electron chi connectivity index (χ1n) is 9.76. The van der Waals surface area contributed by atoms with Gasteiger partial charge in [0.15, 0.2) is 0 Å². The van der Waals surface area contributed by atoms with Crippen molar-refractivity contribution in [2.45, 2.75) is 18.7 Å². The van der Waals surface area contributed by atoms with Crippen molar-refractivity contribution in [1.29, 1.82) is 0 Å². The molecule has 0 bridgehead atoms. The van der Waals surface area contributed by atoms with Crippen LogP contribution in [0.3, 0.4) is 0 Å². The second kappa shape index (κ2) is 8.94. The van der Waals surface area contributed by atoms with Crippen LogP contribution >= 0.6 is 23.4 Å².